The van der Waals surface area contributed by atoms with Crippen LogP contribution in [0.25, 0.3) is 71.7 Å². The first-order valence-corrected chi connectivity index (χ1v) is 22.6. The molecule has 13 rings (SSSR count). The molecule has 9 aromatic carbocycles. The maximum atomic E-state index is 6.52. The van der Waals surface area contributed by atoms with Gasteiger partial charge in [0.2, 0.25) is 0 Å². The molecule has 1 spiro atoms. The molecular weight excluding hydrogens is 761 g/mol. The number of hydrogen-bond donors (Lipinski definition) is 0. The van der Waals surface area contributed by atoms with Gasteiger partial charge in [0.15, 0.2) is 0 Å². The van der Waals surface area contributed by atoms with Gasteiger partial charge in [0.25, 0.3) is 0 Å². The number of para-hydroxylation sites is 2. The van der Waals surface area contributed by atoms with E-state index in [0.717, 1.165) is 36.8 Å². The fourth-order valence-electron chi connectivity index (χ4n) is 11.9. The fourth-order valence-corrected chi connectivity index (χ4v) is 11.9. The molecule has 3 aliphatic rings. The summed E-state index contributed by atoms with van der Waals surface area (Å²) in [6.45, 7) is 0. The SMILES string of the molecule is C1=C(c2cccc3c2oc2ccccc23)CCC(C(CCc2cccc3c2C2(c4ccccc4-c4ccccc42)c2ccccc2-3)c2ccc(-c3cccc4ccccc34)cc2)=C1. The first kappa shape index (κ1) is 36.2. The topological polar surface area (TPSA) is 13.1 Å². The molecule has 0 N–H and O–H groups in total. The minimum atomic E-state index is -0.356. The predicted octanol–water partition coefficient (Wildman–Crippen LogP) is 16.3. The van der Waals surface area contributed by atoms with Crippen LogP contribution in [0.5, 0.6) is 0 Å². The van der Waals surface area contributed by atoms with Crippen molar-refractivity contribution in [3.63, 3.8) is 0 Å². The number of fused-ring (bicyclic) bond motifs is 14. The standard InChI is InChI=1S/C62H44O/c1-2-17-47-40(14-1)15-11-22-48(47)43-34-30-41(31-35-43)46(42-32-36-44(37-33-42)49-23-13-25-55-53-21-6-10-29-59(53)63-61(49)55)39-38-45-16-12-24-54-52-20-5-9-28-58(52)62(60(45)54)56-26-7-3-18-50(56)51-19-4-8-27-57(51)62/h1-32,34-36,46H,33,37-39H2. The van der Waals surface area contributed by atoms with E-state index in [1.54, 1.807) is 0 Å². The minimum Gasteiger partial charge on any atom is -0.455 e. The number of benzene rings is 9. The molecule has 1 unspecified atom stereocenters. The Morgan fingerprint density at radius 2 is 1.02 bits per heavy atom. The van der Waals surface area contributed by atoms with E-state index in [1.165, 1.54) is 105 Å². The summed E-state index contributed by atoms with van der Waals surface area (Å²) in [5.74, 6) is 0.255. The van der Waals surface area contributed by atoms with E-state index < -0.39 is 0 Å². The Morgan fingerprint density at radius 3 is 1.76 bits per heavy atom. The number of rotatable bonds is 7. The Labute approximate surface area is 368 Å². The number of furan rings is 1. The van der Waals surface area contributed by atoms with Crippen molar-refractivity contribution in [3.8, 4) is 33.4 Å². The zero-order chi connectivity index (χ0) is 41.5. The maximum Gasteiger partial charge on any atom is 0.142 e. The molecule has 298 valence electrons. The van der Waals surface area contributed by atoms with Gasteiger partial charge < -0.3 is 4.42 Å². The van der Waals surface area contributed by atoms with Crippen LogP contribution in [0.15, 0.2) is 222 Å². The van der Waals surface area contributed by atoms with Gasteiger partial charge in [-0.1, -0.05) is 212 Å². The second-order valence-electron chi connectivity index (χ2n) is 17.7. The highest BCUT2D eigenvalue weighted by atomic mass is 16.3. The summed E-state index contributed by atoms with van der Waals surface area (Å²) in [4.78, 5) is 0. The lowest BCUT2D eigenvalue weighted by atomic mass is 9.68. The highest BCUT2D eigenvalue weighted by Crippen LogP contribution is 2.63. The van der Waals surface area contributed by atoms with Gasteiger partial charge in [-0.05, 0) is 115 Å². The number of hydrogen-bond acceptors (Lipinski definition) is 1. The third kappa shape index (κ3) is 5.42. The first-order chi connectivity index (χ1) is 31.3. The van der Waals surface area contributed by atoms with Crippen molar-refractivity contribution in [2.24, 2.45) is 0 Å². The summed E-state index contributed by atoms with van der Waals surface area (Å²) in [6.07, 6.45) is 8.77. The van der Waals surface area contributed by atoms with E-state index >= 15 is 0 Å². The Morgan fingerprint density at radius 1 is 0.444 bits per heavy atom. The Balaban J connectivity index is 0.927. The molecule has 1 atom stereocenters. The molecule has 0 radical (unpaired) electrons. The lowest BCUT2D eigenvalue weighted by molar-refractivity contribution is 0.660. The minimum absolute atomic E-state index is 0.255. The smallest absolute Gasteiger partial charge is 0.142 e. The third-order valence-corrected chi connectivity index (χ3v) is 14.6. The van der Waals surface area contributed by atoms with E-state index in [9.17, 15) is 0 Å². The van der Waals surface area contributed by atoms with Gasteiger partial charge in [0, 0.05) is 22.3 Å². The molecule has 0 bridgehead atoms. The van der Waals surface area contributed by atoms with Crippen molar-refractivity contribution in [2.75, 3.05) is 0 Å². The van der Waals surface area contributed by atoms with Crippen LogP contribution in [0.1, 0.15) is 64.1 Å². The predicted molar refractivity (Wildman–Crippen MR) is 262 cm³/mol. The zero-order valence-corrected chi connectivity index (χ0v) is 35.0. The first-order valence-electron chi connectivity index (χ1n) is 22.6. The summed E-state index contributed by atoms with van der Waals surface area (Å²) >= 11 is 0. The molecule has 1 heteroatoms. The molecule has 0 fully saturated rings. The van der Waals surface area contributed by atoms with Gasteiger partial charge in [0.1, 0.15) is 11.2 Å². The Kier molecular flexibility index (Phi) is 8.21. The lowest BCUT2D eigenvalue weighted by Gasteiger charge is -2.32. The van der Waals surface area contributed by atoms with Crippen LogP contribution >= 0.6 is 0 Å². The molecule has 0 saturated heterocycles. The molecular formula is C62H44O. The molecule has 0 aliphatic heterocycles. The summed E-state index contributed by atoms with van der Waals surface area (Å²) in [7, 11) is 0. The summed E-state index contributed by atoms with van der Waals surface area (Å²) in [6, 6.07) is 74.5. The second kappa shape index (κ2) is 14.3. The van der Waals surface area contributed by atoms with Crippen molar-refractivity contribution in [2.45, 2.75) is 37.0 Å². The van der Waals surface area contributed by atoms with Gasteiger partial charge in [-0.2, -0.15) is 0 Å². The molecule has 63 heavy (non-hydrogen) atoms. The van der Waals surface area contributed by atoms with Crippen LogP contribution in [-0.2, 0) is 11.8 Å². The monoisotopic (exact) mass is 804 g/mol. The number of allylic oxidation sites excluding steroid dienone is 4. The van der Waals surface area contributed by atoms with Gasteiger partial charge in [0.05, 0.1) is 5.41 Å². The van der Waals surface area contributed by atoms with E-state index in [4.69, 9.17) is 4.42 Å². The molecule has 1 heterocycles. The molecule has 1 nitrogen and oxygen atoms in total. The summed E-state index contributed by atoms with van der Waals surface area (Å²) in [5, 5.41) is 4.93. The summed E-state index contributed by atoms with van der Waals surface area (Å²) in [5.41, 5.74) is 22.1. The van der Waals surface area contributed by atoms with Crippen molar-refractivity contribution >= 4 is 38.3 Å². The quantitative estimate of drug-likeness (QED) is 0.156. The maximum absolute atomic E-state index is 6.52. The third-order valence-electron chi connectivity index (χ3n) is 14.6. The van der Waals surface area contributed by atoms with Crippen LogP contribution in [0.4, 0.5) is 0 Å². The van der Waals surface area contributed by atoms with E-state index in [0.29, 0.717) is 0 Å². The highest BCUT2D eigenvalue weighted by molar-refractivity contribution is 6.08. The van der Waals surface area contributed by atoms with E-state index in [-0.39, 0.29) is 11.3 Å². The molecule has 3 aliphatic carbocycles. The van der Waals surface area contributed by atoms with Crippen molar-refractivity contribution in [1.82, 2.24) is 0 Å². The van der Waals surface area contributed by atoms with Gasteiger partial charge in [-0.25, -0.2) is 0 Å². The van der Waals surface area contributed by atoms with Crippen molar-refractivity contribution in [1.29, 1.82) is 0 Å². The Bertz CT molecular complexity index is 3450. The van der Waals surface area contributed by atoms with Gasteiger partial charge >= 0.3 is 0 Å². The fraction of sp³-hybridized carbons (Fsp3) is 0.0968. The lowest BCUT2D eigenvalue weighted by Crippen LogP contribution is -2.27. The molecule has 0 saturated carbocycles. The van der Waals surface area contributed by atoms with Crippen molar-refractivity contribution < 1.29 is 4.42 Å². The normalized spacial score (nSPS) is 14.9. The highest BCUT2D eigenvalue weighted by Gasteiger charge is 2.52. The average molecular weight is 805 g/mol. The van der Waals surface area contributed by atoms with E-state index in [2.05, 4.69) is 212 Å². The molecule has 1 aromatic heterocycles. The van der Waals surface area contributed by atoms with Crippen molar-refractivity contribution in [3.05, 3.63) is 257 Å². The van der Waals surface area contributed by atoms with Gasteiger partial charge in [-0.15, -0.1) is 0 Å². The zero-order valence-electron chi connectivity index (χ0n) is 35.0. The summed E-state index contributed by atoms with van der Waals surface area (Å²) < 4.78 is 6.52. The van der Waals surface area contributed by atoms with Crippen LogP contribution in [-0.4, -0.2) is 0 Å². The van der Waals surface area contributed by atoms with Gasteiger partial charge in [-0.3, -0.25) is 0 Å². The van der Waals surface area contributed by atoms with E-state index in [1.807, 2.05) is 0 Å². The van der Waals surface area contributed by atoms with Crippen LogP contribution in [0.3, 0.4) is 0 Å². The second-order valence-corrected chi connectivity index (χ2v) is 17.7. The number of aryl methyl sites for hydroxylation is 1. The Hall–Kier alpha value is -7.48. The molecule has 10 aromatic rings. The average Bonchev–Trinajstić information content (AvgIpc) is 3.99. The molecule has 0 amide bonds. The van der Waals surface area contributed by atoms with Crippen LogP contribution < -0.4 is 0 Å². The largest absolute Gasteiger partial charge is 0.455 e. The van der Waals surface area contributed by atoms with Crippen LogP contribution in [0, 0.1) is 0 Å². The van der Waals surface area contributed by atoms with Crippen LogP contribution in [0.2, 0.25) is 0 Å².